The van der Waals surface area contributed by atoms with E-state index in [0.29, 0.717) is 11.4 Å². The molecule has 1 amide bonds. The Labute approximate surface area is 147 Å². The van der Waals surface area contributed by atoms with Crippen LogP contribution >= 0.6 is 11.6 Å². The largest absolute Gasteiger partial charge is 0.354 e. The molecule has 25 heavy (non-hydrogen) atoms. The van der Waals surface area contributed by atoms with Gasteiger partial charge < -0.3 is 10.6 Å². The van der Waals surface area contributed by atoms with Gasteiger partial charge in [0.05, 0.1) is 22.6 Å². The van der Waals surface area contributed by atoms with Crippen molar-refractivity contribution in [2.45, 2.75) is 0 Å². The molecule has 3 rings (SSSR count). The van der Waals surface area contributed by atoms with Gasteiger partial charge in [-0.2, -0.15) is 0 Å². The zero-order chi connectivity index (χ0) is 17.8. The molecule has 3 aromatic rings. The second-order valence-corrected chi connectivity index (χ2v) is 5.53. The molecule has 0 atom stereocenters. The summed E-state index contributed by atoms with van der Waals surface area (Å²) in [7, 11) is 0. The van der Waals surface area contributed by atoms with Crippen molar-refractivity contribution >= 4 is 34.6 Å². The molecule has 1 heterocycles. The molecule has 2 N–H and O–H groups in total. The van der Waals surface area contributed by atoms with Crippen LogP contribution in [0, 0.1) is 11.6 Å². The van der Waals surface area contributed by atoms with E-state index in [1.165, 1.54) is 48.7 Å². The first-order valence-corrected chi connectivity index (χ1v) is 7.65. The molecule has 0 fully saturated rings. The van der Waals surface area contributed by atoms with Gasteiger partial charge >= 0.3 is 0 Å². The molecule has 1 aromatic heterocycles. The Morgan fingerprint density at radius 1 is 0.960 bits per heavy atom. The fraction of sp³-hybridized carbons (Fsp3) is 0. The van der Waals surface area contributed by atoms with E-state index in [9.17, 15) is 13.6 Å². The lowest BCUT2D eigenvalue weighted by Crippen LogP contribution is -2.14. The summed E-state index contributed by atoms with van der Waals surface area (Å²) >= 11 is 5.72. The number of anilines is 3. The summed E-state index contributed by atoms with van der Waals surface area (Å²) in [6.07, 6.45) is 1.44. The average molecular weight is 360 g/mol. The predicted molar refractivity (Wildman–Crippen MR) is 93.3 cm³/mol. The molecule has 0 aliphatic rings. The molecular formula is C18H12ClF2N3O. The number of carbonyl (C=O) groups is 1. The number of aromatic nitrogens is 1. The lowest BCUT2D eigenvalue weighted by atomic mass is 10.2. The second-order valence-electron chi connectivity index (χ2n) is 5.12. The Morgan fingerprint density at radius 2 is 1.72 bits per heavy atom. The van der Waals surface area contributed by atoms with Gasteiger partial charge in [-0.1, -0.05) is 23.7 Å². The van der Waals surface area contributed by atoms with Crippen molar-refractivity contribution in [2.24, 2.45) is 0 Å². The summed E-state index contributed by atoms with van der Waals surface area (Å²) in [5, 5.41) is 5.44. The highest BCUT2D eigenvalue weighted by Gasteiger charge is 2.10. The summed E-state index contributed by atoms with van der Waals surface area (Å²) < 4.78 is 26.7. The van der Waals surface area contributed by atoms with Crippen LogP contribution in [0.5, 0.6) is 0 Å². The van der Waals surface area contributed by atoms with Crippen molar-refractivity contribution < 1.29 is 13.6 Å². The molecule has 2 aromatic carbocycles. The van der Waals surface area contributed by atoms with Gasteiger partial charge in [-0.25, -0.2) is 13.8 Å². The fourth-order valence-corrected chi connectivity index (χ4v) is 2.27. The maximum absolute atomic E-state index is 13.6. The van der Waals surface area contributed by atoms with Crippen LogP contribution in [0.1, 0.15) is 10.5 Å². The molecule has 0 saturated heterocycles. The van der Waals surface area contributed by atoms with Crippen LogP contribution in [0.15, 0.2) is 60.8 Å². The second kappa shape index (κ2) is 7.27. The number of carbonyl (C=O) groups excluding carboxylic acids is 1. The number of para-hydroxylation sites is 1. The lowest BCUT2D eigenvalue weighted by Gasteiger charge is -2.08. The minimum absolute atomic E-state index is 0.00107. The van der Waals surface area contributed by atoms with E-state index in [0.717, 1.165) is 0 Å². The van der Waals surface area contributed by atoms with E-state index in [4.69, 9.17) is 11.6 Å². The molecule has 0 spiro atoms. The number of nitrogens with one attached hydrogen (secondary N) is 2. The zero-order valence-electron chi connectivity index (χ0n) is 12.8. The van der Waals surface area contributed by atoms with Gasteiger partial charge in [0.25, 0.3) is 5.91 Å². The molecule has 0 bridgehead atoms. The summed E-state index contributed by atoms with van der Waals surface area (Å²) in [5.41, 5.74) is 1.38. The number of amides is 1. The SMILES string of the molecule is O=C(Nc1ccccc1F)c1ccc(Nc2ccc(F)c(Cl)c2)cn1. The average Bonchev–Trinajstić information content (AvgIpc) is 2.61. The Kier molecular flexibility index (Phi) is 4.90. The van der Waals surface area contributed by atoms with Crippen molar-refractivity contribution in [1.29, 1.82) is 0 Å². The van der Waals surface area contributed by atoms with E-state index >= 15 is 0 Å². The Hall–Kier alpha value is -2.99. The number of rotatable bonds is 4. The van der Waals surface area contributed by atoms with Crippen LogP contribution in [0.4, 0.5) is 25.8 Å². The maximum Gasteiger partial charge on any atom is 0.274 e. The van der Waals surface area contributed by atoms with Crippen LogP contribution in [0.3, 0.4) is 0 Å². The van der Waals surface area contributed by atoms with Gasteiger partial charge in [0, 0.05) is 5.69 Å². The normalized spacial score (nSPS) is 10.4. The highest BCUT2D eigenvalue weighted by molar-refractivity contribution is 6.31. The molecular weight excluding hydrogens is 348 g/mol. The first kappa shape index (κ1) is 16.9. The smallest absolute Gasteiger partial charge is 0.274 e. The van der Waals surface area contributed by atoms with Crippen LogP contribution in [-0.4, -0.2) is 10.9 Å². The Morgan fingerprint density at radius 3 is 2.40 bits per heavy atom. The lowest BCUT2D eigenvalue weighted by molar-refractivity contribution is 0.102. The van der Waals surface area contributed by atoms with Gasteiger partial charge in [0.1, 0.15) is 17.3 Å². The quantitative estimate of drug-likeness (QED) is 0.688. The highest BCUT2D eigenvalue weighted by Crippen LogP contribution is 2.22. The van der Waals surface area contributed by atoms with E-state index < -0.39 is 17.5 Å². The standard InChI is InChI=1S/C18H12ClF2N3O/c19-13-9-11(5-7-14(13)20)23-12-6-8-17(22-10-12)18(25)24-16-4-2-1-3-15(16)21/h1-10,23H,(H,24,25). The third-order valence-corrected chi connectivity index (χ3v) is 3.62. The van der Waals surface area contributed by atoms with Gasteiger partial charge in [0.2, 0.25) is 0 Å². The van der Waals surface area contributed by atoms with E-state index in [2.05, 4.69) is 15.6 Å². The summed E-state index contributed by atoms with van der Waals surface area (Å²) in [4.78, 5) is 16.1. The zero-order valence-corrected chi connectivity index (χ0v) is 13.5. The third kappa shape index (κ3) is 4.10. The van der Waals surface area contributed by atoms with Gasteiger partial charge in [-0.05, 0) is 42.5 Å². The number of benzene rings is 2. The third-order valence-electron chi connectivity index (χ3n) is 3.33. The monoisotopic (exact) mass is 359 g/mol. The van der Waals surface area contributed by atoms with E-state index in [1.54, 1.807) is 12.1 Å². The highest BCUT2D eigenvalue weighted by atomic mass is 35.5. The summed E-state index contributed by atoms with van der Waals surface area (Å²) in [6, 6.07) is 13.2. The number of hydrogen-bond acceptors (Lipinski definition) is 3. The number of hydrogen-bond donors (Lipinski definition) is 2. The predicted octanol–water partition coefficient (Wildman–Crippen LogP) is 5.01. The number of nitrogens with zero attached hydrogens (tertiary/aromatic N) is 1. The van der Waals surface area contributed by atoms with Crippen molar-refractivity contribution in [2.75, 3.05) is 10.6 Å². The maximum atomic E-state index is 13.6. The van der Waals surface area contributed by atoms with Crippen molar-refractivity contribution in [3.8, 4) is 0 Å². The van der Waals surface area contributed by atoms with Gasteiger partial charge in [0.15, 0.2) is 0 Å². The molecule has 0 unspecified atom stereocenters. The fourth-order valence-electron chi connectivity index (χ4n) is 2.09. The number of pyridine rings is 1. The van der Waals surface area contributed by atoms with Crippen LogP contribution in [0.25, 0.3) is 0 Å². The van der Waals surface area contributed by atoms with Crippen molar-refractivity contribution in [3.63, 3.8) is 0 Å². The Bertz CT molecular complexity index is 916. The first-order chi connectivity index (χ1) is 12.0. The number of halogens is 3. The Balaban J connectivity index is 1.70. The van der Waals surface area contributed by atoms with E-state index in [1.807, 2.05) is 0 Å². The minimum Gasteiger partial charge on any atom is -0.354 e. The molecule has 126 valence electrons. The van der Waals surface area contributed by atoms with Crippen molar-refractivity contribution in [1.82, 2.24) is 4.98 Å². The van der Waals surface area contributed by atoms with E-state index in [-0.39, 0.29) is 16.4 Å². The molecule has 0 aliphatic heterocycles. The molecule has 4 nitrogen and oxygen atoms in total. The van der Waals surface area contributed by atoms with Gasteiger partial charge in [-0.3, -0.25) is 4.79 Å². The molecule has 0 aliphatic carbocycles. The van der Waals surface area contributed by atoms with Gasteiger partial charge in [-0.15, -0.1) is 0 Å². The van der Waals surface area contributed by atoms with Crippen LogP contribution in [-0.2, 0) is 0 Å². The van der Waals surface area contributed by atoms with Crippen molar-refractivity contribution in [3.05, 3.63) is 83.1 Å². The van der Waals surface area contributed by atoms with Crippen LogP contribution in [0.2, 0.25) is 5.02 Å². The summed E-state index contributed by atoms with van der Waals surface area (Å²) in [6.45, 7) is 0. The summed E-state index contributed by atoms with van der Waals surface area (Å²) in [5.74, 6) is -1.56. The van der Waals surface area contributed by atoms with Crippen LogP contribution < -0.4 is 10.6 Å². The minimum atomic E-state index is -0.526. The molecule has 7 heteroatoms. The molecule has 0 saturated carbocycles. The molecule has 0 radical (unpaired) electrons. The first-order valence-electron chi connectivity index (χ1n) is 7.27. The topological polar surface area (TPSA) is 54.0 Å².